The molecular formula is C19H22N4O3. The maximum Gasteiger partial charge on any atom is 0.307 e. The second-order valence-electron chi connectivity index (χ2n) is 7.08. The standard InChI is InChI=1S/C19H22N4O3/c1-12(24)21-16-5-3-2-4-15(16)17-9-20-19(26-17)18(25)22-14-8-13-6-7-23(10-13)11-14/h2-5,9,13-14H,6-8,10-11H2,1H3,(H,21,24)(H,22,25)/t13-,14+/m0/s1. The van der Waals surface area contributed by atoms with Crippen LogP contribution in [0, 0.1) is 5.92 Å². The van der Waals surface area contributed by atoms with Crippen molar-refractivity contribution < 1.29 is 14.0 Å². The molecule has 136 valence electrons. The van der Waals surface area contributed by atoms with Crippen LogP contribution in [0.2, 0.25) is 0 Å². The van der Waals surface area contributed by atoms with Gasteiger partial charge in [0.2, 0.25) is 5.91 Å². The molecule has 1 aromatic carbocycles. The van der Waals surface area contributed by atoms with E-state index in [4.69, 9.17) is 4.42 Å². The third kappa shape index (κ3) is 3.48. The zero-order valence-electron chi connectivity index (χ0n) is 14.7. The van der Waals surface area contributed by atoms with Gasteiger partial charge in [0.1, 0.15) is 0 Å². The van der Waals surface area contributed by atoms with E-state index in [9.17, 15) is 9.59 Å². The average molecular weight is 354 g/mol. The predicted octanol–water partition coefficient (Wildman–Crippen LogP) is 2.12. The van der Waals surface area contributed by atoms with Gasteiger partial charge in [0.15, 0.2) is 5.76 Å². The SMILES string of the molecule is CC(=O)Nc1ccccc1-c1cnc(C(=O)N[C@@H]2C[C@@H]3CCN(C3)C2)o1. The summed E-state index contributed by atoms with van der Waals surface area (Å²) in [7, 11) is 0. The molecule has 7 heteroatoms. The first-order valence-electron chi connectivity index (χ1n) is 8.94. The molecule has 1 unspecified atom stereocenters. The third-order valence-electron chi connectivity index (χ3n) is 5.00. The summed E-state index contributed by atoms with van der Waals surface area (Å²) in [4.78, 5) is 30.4. The van der Waals surface area contributed by atoms with Crippen LogP contribution in [-0.4, -0.2) is 47.4 Å². The lowest BCUT2D eigenvalue weighted by atomic mass is 9.97. The smallest absolute Gasteiger partial charge is 0.307 e. The molecule has 3 atom stereocenters. The Balaban J connectivity index is 1.48. The molecule has 1 aromatic heterocycles. The van der Waals surface area contributed by atoms with Crippen molar-refractivity contribution in [3.8, 4) is 11.3 Å². The molecule has 0 aliphatic carbocycles. The van der Waals surface area contributed by atoms with E-state index in [1.54, 1.807) is 6.07 Å². The molecule has 2 saturated heterocycles. The Labute approximate surface area is 151 Å². The van der Waals surface area contributed by atoms with Crippen LogP contribution >= 0.6 is 0 Å². The number of hydrogen-bond acceptors (Lipinski definition) is 5. The Morgan fingerprint density at radius 2 is 2.12 bits per heavy atom. The van der Waals surface area contributed by atoms with E-state index in [0.717, 1.165) is 26.1 Å². The Morgan fingerprint density at radius 3 is 2.92 bits per heavy atom. The predicted molar refractivity (Wildman–Crippen MR) is 96.7 cm³/mol. The molecular weight excluding hydrogens is 332 g/mol. The van der Waals surface area contributed by atoms with E-state index in [0.29, 0.717) is 22.9 Å². The molecule has 26 heavy (non-hydrogen) atoms. The fourth-order valence-corrected chi connectivity index (χ4v) is 3.91. The van der Waals surface area contributed by atoms with Crippen LogP contribution in [0.1, 0.15) is 30.5 Å². The maximum atomic E-state index is 12.5. The summed E-state index contributed by atoms with van der Waals surface area (Å²) in [6.45, 7) is 4.61. The minimum Gasteiger partial charge on any atom is -0.432 e. The quantitative estimate of drug-likeness (QED) is 0.878. The van der Waals surface area contributed by atoms with Gasteiger partial charge < -0.3 is 20.0 Å². The molecule has 2 aromatic rings. The number of fused-ring (bicyclic) bond motifs is 2. The van der Waals surface area contributed by atoms with Crippen molar-refractivity contribution in [2.24, 2.45) is 5.92 Å². The monoisotopic (exact) mass is 354 g/mol. The Morgan fingerprint density at radius 1 is 1.27 bits per heavy atom. The summed E-state index contributed by atoms with van der Waals surface area (Å²) in [6.07, 6.45) is 3.75. The number of benzene rings is 1. The summed E-state index contributed by atoms with van der Waals surface area (Å²) >= 11 is 0. The van der Waals surface area contributed by atoms with E-state index in [1.165, 1.54) is 19.5 Å². The molecule has 0 radical (unpaired) electrons. The Hall–Kier alpha value is -2.67. The normalized spacial score (nSPS) is 24.3. The van der Waals surface area contributed by atoms with E-state index in [1.807, 2.05) is 18.2 Å². The van der Waals surface area contributed by atoms with E-state index in [-0.39, 0.29) is 23.7 Å². The second-order valence-corrected chi connectivity index (χ2v) is 7.08. The minimum atomic E-state index is -0.291. The zero-order valence-corrected chi connectivity index (χ0v) is 14.7. The summed E-state index contributed by atoms with van der Waals surface area (Å²) in [5, 5.41) is 5.80. The second kappa shape index (κ2) is 6.92. The highest BCUT2D eigenvalue weighted by atomic mass is 16.4. The Bertz CT molecular complexity index is 820. The number of hydrogen-bond donors (Lipinski definition) is 2. The average Bonchev–Trinajstić information content (AvgIpc) is 3.22. The van der Waals surface area contributed by atoms with E-state index >= 15 is 0 Å². The lowest BCUT2D eigenvalue weighted by molar-refractivity contribution is -0.114. The van der Waals surface area contributed by atoms with Crippen LogP contribution in [0.3, 0.4) is 0 Å². The molecule has 4 rings (SSSR count). The number of nitrogens with zero attached hydrogens (tertiary/aromatic N) is 2. The number of piperidine rings is 1. The van der Waals surface area contributed by atoms with Gasteiger partial charge in [-0.25, -0.2) is 4.98 Å². The highest BCUT2D eigenvalue weighted by Gasteiger charge is 2.33. The van der Waals surface area contributed by atoms with Gasteiger partial charge in [0, 0.05) is 31.6 Å². The number of anilines is 1. The molecule has 0 saturated carbocycles. The third-order valence-corrected chi connectivity index (χ3v) is 5.00. The van der Waals surface area contributed by atoms with Gasteiger partial charge in [-0.1, -0.05) is 12.1 Å². The Kier molecular flexibility index (Phi) is 4.46. The number of nitrogens with one attached hydrogen (secondary N) is 2. The lowest BCUT2D eigenvalue weighted by Crippen LogP contribution is -2.47. The van der Waals surface area contributed by atoms with Crippen molar-refractivity contribution in [3.63, 3.8) is 0 Å². The van der Waals surface area contributed by atoms with E-state index < -0.39 is 0 Å². The number of carbonyl (C=O) groups excluding carboxylic acids is 2. The first-order chi connectivity index (χ1) is 12.6. The van der Waals surface area contributed by atoms with Crippen molar-refractivity contribution in [2.45, 2.75) is 25.8 Å². The first kappa shape index (κ1) is 16.8. The fraction of sp³-hybridized carbons (Fsp3) is 0.421. The van der Waals surface area contributed by atoms with Gasteiger partial charge in [-0.3, -0.25) is 9.59 Å². The summed E-state index contributed by atoms with van der Waals surface area (Å²) in [6, 6.07) is 7.41. The molecule has 3 heterocycles. The molecule has 2 bridgehead atoms. The van der Waals surface area contributed by atoms with Gasteiger partial charge in [-0.15, -0.1) is 0 Å². The first-order valence-corrected chi connectivity index (χ1v) is 8.94. The minimum absolute atomic E-state index is 0.0468. The maximum absolute atomic E-state index is 12.5. The van der Waals surface area contributed by atoms with Crippen molar-refractivity contribution >= 4 is 17.5 Å². The number of rotatable bonds is 4. The molecule has 7 nitrogen and oxygen atoms in total. The van der Waals surface area contributed by atoms with Crippen molar-refractivity contribution in [1.82, 2.24) is 15.2 Å². The molecule has 2 aliphatic heterocycles. The van der Waals surface area contributed by atoms with Gasteiger partial charge in [-0.2, -0.15) is 0 Å². The van der Waals surface area contributed by atoms with Crippen LogP contribution in [0.5, 0.6) is 0 Å². The van der Waals surface area contributed by atoms with Crippen LogP contribution < -0.4 is 10.6 Å². The van der Waals surface area contributed by atoms with Crippen LogP contribution in [0.4, 0.5) is 5.69 Å². The van der Waals surface area contributed by atoms with Crippen molar-refractivity contribution in [2.75, 3.05) is 25.0 Å². The van der Waals surface area contributed by atoms with E-state index in [2.05, 4.69) is 20.5 Å². The number of oxazole rings is 1. The highest BCUT2D eigenvalue weighted by Crippen LogP contribution is 2.29. The highest BCUT2D eigenvalue weighted by molar-refractivity contribution is 5.94. The number of amides is 2. The van der Waals surface area contributed by atoms with Gasteiger partial charge >= 0.3 is 5.91 Å². The largest absolute Gasteiger partial charge is 0.432 e. The molecule has 0 spiro atoms. The zero-order chi connectivity index (χ0) is 18.1. The summed E-state index contributed by atoms with van der Waals surface area (Å²) in [5.41, 5.74) is 1.32. The summed E-state index contributed by atoms with van der Waals surface area (Å²) in [5.74, 6) is 0.717. The molecule has 2 fully saturated rings. The fourth-order valence-electron chi connectivity index (χ4n) is 3.91. The van der Waals surface area contributed by atoms with Crippen LogP contribution in [-0.2, 0) is 4.79 Å². The van der Waals surface area contributed by atoms with Crippen LogP contribution in [0.15, 0.2) is 34.9 Å². The van der Waals surface area contributed by atoms with Crippen LogP contribution in [0.25, 0.3) is 11.3 Å². The van der Waals surface area contributed by atoms with Gasteiger partial charge in [0.05, 0.1) is 11.9 Å². The topological polar surface area (TPSA) is 87.5 Å². The lowest BCUT2D eigenvalue weighted by Gasteiger charge is -2.30. The van der Waals surface area contributed by atoms with Gasteiger partial charge in [0.25, 0.3) is 5.89 Å². The molecule has 2 aliphatic rings. The van der Waals surface area contributed by atoms with Crippen molar-refractivity contribution in [1.29, 1.82) is 0 Å². The molecule has 2 N–H and O–H groups in total. The van der Waals surface area contributed by atoms with Crippen molar-refractivity contribution in [3.05, 3.63) is 36.4 Å². The number of aromatic nitrogens is 1. The molecule has 2 amide bonds. The summed E-state index contributed by atoms with van der Waals surface area (Å²) < 4.78 is 5.68. The number of carbonyl (C=O) groups is 2. The van der Waals surface area contributed by atoms with Gasteiger partial charge in [-0.05, 0) is 37.4 Å². The number of para-hydroxylation sites is 1.